The Labute approximate surface area is 112 Å². The van der Waals surface area contributed by atoms with Crippen molar-refractivity contribution in [1.29, 1.82) is 0 Å². The van der Waals surface area contributed by atoms with Crippen molar-refractivity contribution in [2.45, 2.75) is 12.1 Å². The van der Waals surface area contributed by atoms with E-state index in [9.17, 15) is 0 Å². The van der Waals surface area contributed by atoms with Crippen LogP contribution in [-0.4, -0.2) is 48.1 Å². The standard InChI is InChI=1S/C12H20N4OS/c1-16-3-4-18-8-11(16)12(15-13)9-5-10(17-2)7-14-6-9/h5-7,11-12,15H,3-4,8,13H2,1-2H3. The van der Waals surface area contributed by atoms with Crippen LogP contribution in [0.2, 0.25) is 0 Å². The molecule has 1 saturated heterocycles. The number of aromatic nitrogens is 1. The molecule has 0 aliphatic carbocycles. The van der Waals surface area contributed by atoms with Gasteiger partial charge in [0.15, 0.2) is 0 Å². The molecule has 0 amide bonds. The molecular weight excluding hydrogens is 248 g/mol. The first-order chi connectivity index (χ1) is 8.76. The highest BCUT2D eigenvalue weighted by atomic mass is 32.2. The number of ether oxygens (including phenoxy) is 1. The second kappa shape index (κ2) is 6.38. The molecule has 1 fully saturated rings. The number of nitrogens with zero attached hydrogens (tertiary/aromatic N) is 2. The first kappa shape index (κ1) is 13.6. The van der Waals surface area contributed by atoms with Crippen LogP contribution in [0.25, 0.3) is 0 Å². The Balaban J connectivity index is 2.20. The maximum absolute atomic E-state index is 5.73. The van der Waals surface area contributed by atoms with E-state index < -0.39 is 0 Å². The summed E-state index contributed by atoms with van der Waals surface area (Å²) in [5, 5.41) is 0. The summed E-state index contributed by atoms with van der Waals surface area (Å²) in [6.07, 6.45) is 3.55. The minimum Gasteiger partial charge on any atom is -0.495 e. The number of likely N-dealkylation sites (N-methyl/N-ethyl adjacent to an activating group) is 1. The molecular formula is C12H20N4OS. The van der Waals surface area contributed by atoms with Gasteiger partial charge in [-0.15, -0.1) is 0 Å². The van der Waals surface area contributed by atoms with Gasteiger partial charge in [0.05, 0.1) is 19.3 Å². The second-order valence-corrected chi connectivity index (χ2v) is 5.58. The molecule has 1 aliphatic heterocycles. The summed E-state index contributed by atoms with van der Waals surface area (Å²) < 4.78 is 5.21. The number of hydrazine groups is 1. The van der Waals surface area contributed by atoms with E-state index in [0.29, 0.717) is 6.04 Å². The van der Waals surface area contributed by atoms with Crippen molar-refractivity contribution in [3.8, 4) is 5.75 Å². The number of thioether (sulfide) groups is 1. The van der Waals surface area contributed by atoms with Gasteiger partial charge < -0.3 is 4.74 Å². The molecule has 2 rings (SSSR count). The van der Waals surface area contributed by atoms with Gasteiger partial charge in [-0.25, -0.2) is 0 Å². The lowest BCUT2D eigenvalue weighted by atomic mass is 10.0. The fraction of sp³-hybridized carbons (Fsp3) is 0.583. The third kappa shape index (κ3) is 2.95. The van der Waals surface area contributed by atoms with Gasteiger partial charge in [0, 0.05) is 30.3 Å². The van der Waals surface area contributed by atoms with E-state index in [1.54, 1.807) is 13.3 Å². The third-order valence-electron chi connectivity index (χ3n) is 3.34. The van der Waals surface area contributed by atoms with Crippen molar-refractivity contribution in [2.24, 2.45) is 5.84 Å². The summed E-state index contributed by atoms with van der Waals surface area (Å²) >= 11 is 1.97. The van der Waals surface area contributed by atoms with Crippen molar-refractivity contribution in [1.82, 2.24) is 15.3 Å². The minimum atomic E-state index is 0.0744. The van der Waals surface area contributed by atoms with Gasteiger partial charge >= 0.3 is 0 Å². The van der Waals surface area contributed by atoms with Crippen LogP contribution in [0, 0.1) is 0 Å². The summed E-state index contributed by atoms with van der Waals surface area (Å²) in [6.45, 7) is 1.09. The number of rotatable bonds is 4. The normalized spacial score (nSPS) is 22.7. The Morgan fingerprint density at radius 2 is 2.44 bits per heavy atom. The number of hydrogen-bond acceptors (Lipinski definition) is 6. The average molecular weight is 268 g/mol. The third-order valence-corrected chi connectivity index (χ3v) is 4.39. The number of nitrogens with one attached hydrogen (secondary N) is 1. The van der Waals surface area contributed by atoms with Gasteiger partial charge in [-0.3, -0.25) is 21.2 Å². The molecule has 1 aromatic heterocycles. The smallest absolute Gasteiger partial charge is 0.137 e. The van der Waals surface area contributed by atoms with Gasteiger partial charge in [-0.1, -0.05) is 0 Å². The zero-order valence-corrected chi connectivity index (χ0v) is 11.6. The number of pyridine rings is 1. The second-order valence-electron chi connectivity index (χ2n) is 4.43. The summed E-state index contributed by atoms with van der Waals surface area (Å²) in [6, 6.07) is 2.44. The molecule has 2 heterocycles. The Morgan fingerprint density at radius 1 is 1.61 bits per heavy atom. The highest BCUT2D eigenvalue weighted by molar-refractivity contribution is 7.99. The molecule has 5 nitrogen and oxygen atoms in total. The van der Waals surface area contributed by atoms with E-state index in [1.807, 2.05) is 24.0 Å². The first-order valence-electron chi connectivity index (χ1n) is 5.99. The van der Waals surface area contributed by atoms with Gasteiger partial charge in [0.25, 0.3) is 0 Å². The van der Waals surface area contributed by atoms with E-state index in [2.05, 4.69) is 22.4 Å². The predicted octanol–water partition coefficient (Wildman–Crippen LogP) is 0.642. The van der Waals surface area contributed by atoms with E-state index in [1.165, 1.54) is 5.75 Å². The lowest BCUT2D eigenvalue weighted by Crippen LogP contribution is -2.49. The van der Waals surface area contributed by atoms with Crippen molar-refractivity contribution in [2.75, 3.05) is 32.2 Å². The van der Waals surface area contributed by atoms with Gasteiger partial charge in [0.2, 0.25) is 0 Å². The van der Waals surface area contributed by atoms with Crippen LogP contribution in [0.3, 0.4) is 0 Å². The molecule has 0 radical (unpaired) electrons. The van der Waals surface area contributed by atoms with E-state index in [-0.39, 0.29) is 6.04 Å². The highest BCUT2D eigenvalue weighted by Crippen LogP contribution is 2.27. The topological polar surface area (TPSA) is 63.4 Å². The van der Waals surface area contributed by atoms with Crippen molar-refractivity contribution < 1.29 is 4.74 Å². The molecule has 0 bridgehead atoms. The fourth-order valence-corrected chi connectivity index (χ4v) is 3.48. The van der Waals surface area contributed by atoms with Crippen molar-refractivity contribution >= 4 is 11.8 Å². The van der Waals surface area contributed by atoms with Crippen LogP contribution in [0.1, 0.15) is 11.6 Å². The number of nitrogens with two attached hydrogens (primary N) is 1. The molecule has 6 heteroatoms. The van der Waals surface area contributed by atoms with Gasteiger partial charge in [-0.05, 0) is 18.7 Å². The minimum absolute atomic E-state index is 0.0744. The van der Waals surface area contributed by atoms with Crippen molar-refractivity contribution in [3.05, 3.63) is 24.0 Å². The Morgan fingerprint density at radius 3 is 3.11 bits per heavy atom. The van der Waals surface area contributed by atoms with Crippen LogP contribution in [0.4, 0.5) is 0 Å². The van der Waals surface area contributed by atoms with Crippen LogP contribution in [-0.2, 0) is 0 Å². The zero-order chi connectivity index (χ0) is 13.0. The van der Waals surface area contributed by atoms with E-state index in [0.717, 1.165) is 23.6 Å². The number of methoxy groups -OCH3 is 1. The Hall–Kier alpha value is -0.820. The van der Waals surface area contributed by atoms with Crippen LogP contribution in [0.5, 0.6) is 5.75 Å². The number of hydrogen-bond donors (Lipinski definition) is 2. The monoisotopic (exact) mass is 268 g/mol. The first-order valence-corrected chi connectivity index (χ1v) is 7.14. The van der Waals surface area contributed by atoms with Crippen LogP contribution in [0.15, 0.2) is 18.5 Å². The predicted molar refractivity (Wildman–Crippen MR) is 74.6 cm³/mol. The summed E-state index contributed by atoms with van der Waals surface area (Å²) in [5.41, 5.74) is 3.99. The van der Waals surface area contributed by atoms with Crippen LogP contribution >= 0.6 is 11.8 Å². The molecule has 0 aromatic carbocycles. The van der Waals surface area contributed by atoms with E-state index in [4.69, 9.17) is 10.6 Å². The maximum Gasteiger partial charge on any atom is 0.137 e. The molecule has 18 heavy (non-hydrogen) atoms. The quantitative estimate of drug-likeness (QED) is 0.617. The molecule has 3 N–H and O–H groups in total. The van der Waals surface area contributed by atoms with Gasteiger partial charge in [0.1, 0.15) is 5.75 Å². The van der Waals surface area contributed by atoms with E-state index >= 15 is 0 Å². The molecule has 1 aliphatic rings. The molecule has 1 aromatic rings. The largest absolute Gasteiger partial charge is 0.495 e. The molecule has 0 saturated carbocycles. The lowest BCUT2D eigenvalue weighted by Gasteiger charge is -2.37. The summed E-state index contributed by atoms with van der Waals surface area (Å²) in [7, 11) is 3.79. The van der Waals surface area contributed by atoms with Crippen molar-refractivity contribution in [3.63, 3.8) is 0 Å². The molecule has 2 atom stereocenters. The summed E-state index contributed by atoms with van der Waals surface area (Å²) in [4.78, 5) is 6.55. The average Bonchev–Trinajstić information content (AvgIpc) is 2.42. The summed E-state index contributed by atoms with van der Waals surface area (Å²) in [5.74, 6) is 8.75. The maximum atomic E-state index is 5.73. The SMILES string of the molecule is COc1cncc(C(NN)C2CSCCN2C)c1. The lowest BCUT2D eigenvalue weighted by molar-refractivity contribution is 0.216. The van der Waals surface area contributed by atoms with Gasteiger partial charge in [-0.2, -0.15) is 11.8 Å². The fourth-order valence-electron chi connectivity index (χ4n) is 2.20. The molecule has 2 unspecified atom stereocenters. The van der Waals surface area contributed by atoms with Crippen LogP contribution < -0.4 is 16.0 Å². The molecule has 100 valence electrons. The zero-order valence-electron chi connectivity index (χ0n) is 10.8. The Bertz CT molecular complexity index is 390. The Kier molecular flexibility index (Phi) is 4.82. The highest BCUT2D eigenvalue weighted by Gasteiger charge is 2.28. The molecule has 0 spiro atoms.